The molecule has 2 atom stereocenters. The first-order valence-electron chi connectivity index (χ1n) is 15.9. The molecule has 0 radical (unpaired) electrons. The molecular formula is C37H55F6NOS. The summed E-state index contributed by atoms with van der Waals surface area (Å²) >= 11 is 1.62. The maximum Gasteiger partial charge on any atom is 0.416 e. The zero-order valence-corrected chi connectivity index (χ0v) is 30.3. The first kappa shape index (κ1) is 45.6. The highest BCUT2D eigenvalue weighted by Gasteiger charge is 2.37. The second-order valence-electron chi connectivity index (χ2n) is 11.3. The maximum absolute atomic E-state index is 12.9. The van der Waals surface area contributed by atoms with E-state index in [9.17, 15) is 31.1 Å². The van der Waals surface area contributed by atoms with E-state index >= 15 is 0 Å². The van der Waals surface area contributed by atoms with Crippen molar-refractivity contribution in [3.63, 3.8) is 0 Å². The summed E-state index contributed by atoms with van der Waals surface area (Å²) in [6.07, 6.45) is 4.78. The summed E-state index contributed by atoms with van der Waals surface area (Å²) in [4.78, 5) is 16.6. The molecule has 0 aliphatic rings. The van der Waals surface area contributed by atoms with Crippen LogP contribution in [0.5, 0.6) is 0 Å². The summed E-state index contributed by atoms with van der Waals surface area (Å²) in [6.45, 7) is 20.4. The van der Waals surface area contributed by atoms with E-state index in [4.69, 9.17) is 0 Å². The number of benzene rings is 1. The molecule has 9 heteroatoms. The van der Waals surface area contributed by atoms with Crippen LogP contribution in [-0.2, 0) is 17.1 Å². The molecule has 0 heterocycles. The first-order valence-corrected chi connectivity index (χ1v) is 16.8. The van der Waals surface area contributed by atoms with Gasteiger partial charge in [0.1, 0.15) is 0 Å². The average molecular weight is 676 g/mol. The van der Waals surface area contributed by atoms with Gasteiger partial charge in [0.15, 0.2) is 5.78 Å². The van der Waals surface area contributed by atoms with Crippen LogP contribution >= 0.6 is 11.8 Å². The number of thioether (sulfide) groups is 1. The predicted octanol–water partition coefficient (Wildman–Crippen LogP) is 13.3. The molecule has 0 spiro atoms. The van der Waals surface area contributed by atoms with Crippen molar-refractivity contribution in [2.45, 2.75) is 114 Å². The molecule has 0 saturated carbocycles. The number of halogens is 6. The van der Waals surface area contributed by atoms with Crippen molar-refractivity contribution in [3.8, 4) is 0 Å². The van der Waals surface area contributed by atoms with Crippen LogP contribution in [0.25, 0.3) is 0 Å². The lowest BCUT2D eigenvalue weighted by Crippen LogP contribution is -2.17. The van der Waals surface area contributed by atoms with Gasteiger partial charge in [-0.25, -0.2) is 0 Å². The normalized spacial score (nSPS) is 14.6. The van der Waals surface area contributed by atoms with Gasteiger partial charge in [0.25, 0.3) is 0 Å². The fourth-order valence-corrected chi connectivity index (χ4v) is 4.81. The number of hydrogen-bond acceptors (Lipinski definition) is 3. The van der Waals surface area contributed by atoms with Crippen LogP contribution in [0.2, 0.25) is 0 Å². The molecule has 262 valence electrons. The Balaban J connectivity index is 0. The molecule has 0 N–H and O–H groups in total. The minimum Gasteiger partial charge on any atom is -0.294 e. The highest BCUT2D eigenvalue weighted by atomic mass is 32.2. The van der Waals surface area contributed by atoms with E-state index in [0.717, 1.165) is 41.6 Å². The van der Waals surface area contributed by atoms with Crippen LogP contribution < -0.4 is 0 Å². The van der Waals surface area contributed by atoms with Crippen molar-refractivity contribution in [3.05, 3.63) is 81.2 Å². The molecule has 1 aromatic carbocycles. The number of Topliss-reactive ketones (excluding diaryl/α,β-unsaturated/α-hetero) is 1. The van der Waals surface area contributed by atoms with Crippen molar-refractivity contribution < 1.29 is 31.1 Å². The fourth-order valence-electron chi connectivity index (χ4n) is 3.91. The predicted molar refractivity (Wildman–Crippen MR) is 186 cm³/mol. The lowest BCUT2D eigenvalue weighted by Gasteiger charge is -2.18. The number of hydrogen-bond donors (Lipinski definition) is 0. The van der Waals surface area contributed by atoms with E-state index in [2.05, 4.69) is 58.7 Å². The number of ketones is 1. The number of alkyl halides is 6. The molecule has 0 aliphatic carbocycles. The van der Waals surface area contributed by atoms with Crippen LogP contribution in [0.4, 0.5) is 26.3 Å². The molecule has 0 aliphatic heterocycles. The van der Waals surface area contributed by atoms with Gasteiger partial charge in [-0.2, -0.15) is 26.3 Å². The fraction of sp³-hybridized carbons (Fsp3) is 0.568. The van der Waals surface area contributed by atoms with Crippen molar-refractivity contribution in [2.75, 3.05) is 7.05 Å². The Morgan fingerprint density at radius 3 is 1.76 bits per heavy atom. The van der Waals surface area contributed by atoms with E-state index in [0.29, 0.717) is 18.6 Å². The molecule has 1 rings (SSSR count). The van der Waals surface area contributed by atoms with E-state index in [1.165, 1.54) is 13.5 Å². The molecule has 46 heavy (non-hydrogen) atoms. The Morgan fingerprint density at radius 2 is 1.43 bits per heavy atom. The van der Waals surface area contributed by atoms with Gasteiger partial charge < -0.3 is 0 Å². The second kappa shape index (κ2) is 23.7. The molecule has 2 unspecified atom stereocenters. The Labute approximate surface area is 278 Å². The molecule has 1 aromatic rings. The smallest absolute Gasteiger partial charge is 0.294 e. The summed E-state index contributed by atoms with van der Waals surface area (Å²) in [5.74, 6) is 1.62. The summed E-state index contributed by atoms with van der Waals surface area (Å²) in [5.41, 5.74) is -1.75. The van der Waals surface area contributed by atoms with Crippen molar-refractivity contribution in [2.24, 2.45) is 22.7 Å². The number of carbonyl (C=O) groups is 1. The number of nitrogens with zero attached hydrogens (tertiary/aromatic N) is 1. The zero-order chi connectivity index (χ0) is 36.1. The molecular weight excluding hydrogens is 620 g/mol. The molecule has 0 amide bonds. The van der Waals surface area contributed by atoms with Gasteiger partial charge in [-0.1, -0.05) is 103 Å². The third-order valence-electron chi connectivity index (χ3n) is 7.10. The zero-order valence-electron chi connectivity index (χ0n) is 29.5. The van der Waals surface area contributed by atoms with Gasteiger partial charge in [-0.15, -0.1) is 0 Å². The highest BCUT2D eigenvalue weighted by Crippen LogP contribution is 2.37. The lowest BCUT2D eigenvalue weighted by atomic mass is 9.92. The second-order valence-corrected chi connectivity index (χ2v) is 12.2. The van der Waals surface area contributed by atoms with Crippen LogP contribution in [0.1, 0.15) is 118 Å². The third kappa shape index (κ3) is 18.6. The topological polar surface area (TPSA) is 29.4 Å². The third-order valence-corrected chi connectivity index (χ3v) is 8.15. The standard InChI is InChI=1S/C16H17F6N.C14H22OS.C7H16/c1-4-5-6-10(2)14(23-3)11-7-12(15(17,18)19)9-13(8-11)16(20,21)22;1-5-8-10-13(12(4)15)14(9-6-2)16-11-7-3;1-5-7(4)6(2)3/h4-5,7-10H,6H2,1-3H3;7,9-11H,5-6,8H2,1-4H3;6-7H,5H2,1-4H3/b5-4+,23-14?;11-7-,13-10-,14-9+;. The first-order chi connectivity index (χ1) is 21.3. The van der Waals surface area contributed by atoms with Gasteiger partial charge in [-0.05, 0) is 81.0 Å². The van der Waals surface area contributed by atoms with E-state index in [1.807, 2.05) is 18.4 Å². The van der Waals surface area contributed by atoms with Crippen molar-refractivity contribution >= 4 is 23.3 Å². The Bertz CT molecular complexity index is 1140. The lowest BCUT2D eigenvalue weighted by molar-refractivity contribution is -0.143. The number of aliphatic imine (C=N–C) groups is 1. The molecule has 2 nitrogen and oxygen atoms in total. The Kier molecular flexibility index (Phi) is 23.5. The maximum atomic E-state index is 12.9. The number of unbranched alkanes of at least 4 members (excludes halogenated alkanes) is 1. The Hall–Kier alpha value is -2.55. The molecule has 0 saturated heterocycles. The van der Waals surface area contributed by atoms with Crippen LogP contribution in [0.3, 0.4) is 0 Å². The van der Waals surface area contributed by atoms with Gasteiger partial charge in [-0.3, -0.25) is 9.79 Å². The number of rotatable bonds is 13. The van der Waals surface area contributed by atoms with Crippen molar-refractivity contribution in [1.29, 1.82) is 0 Å². The van der Waals surface area contributed by atoms with Gasteiger partial charge in [0.05, 0.1) is 11.1 Å². The largest absolute Gasteiger partial charge is 0.416 e. The molecule has 0 fully saturated rings. The van der Waals surface area contributed by atoms with Gasteiger partial charge >= 0.3 is 12.4 Å². The summed E-state index contributed by atoms with van der Waals surface area (Å²) < 4.78 is 77.3. The van der Waals surface area contributed by atoms with E-state index < -0.39 is 23.5 Å². The van der Waals surface area contributed by atoms with E-state index in [1.54, 1.807) is 44.7 Å². The summed E-state index contributed by atoms with van der Waals surface area (Å²) in [5, 5.41) is 2.02. The van der Waals surface area contributed by atoms with Crippen LogP contribution in [0.15, 0.2) is 69.5 Å². The Morgan fingerprint density at radius 1 is 0.891 bits per heavy atom. The minimum atomic E-state index is -4.86. The van der Waals surface area contributed by atoms with Gasteiger partial charge in [0, 0.05) is 29.2 Å². The van der Waals surface area contributed by atoms with E-state index in [-0.39, 0.29) is 29.0 Å². The average Bonchev–Trinajstić information content (AvgIpc) is 2.98. The number of carbonyl (C=O) groups excluding carboxylic acids is 1. The van der Waals surface area contributed by atoms with Crippen LogP contribution in [-0.4, -0.2) is 18.5 Å². The minimum absolute atomic E-state index is 0.118. The number of allylic oxidation sites excluding steroid dienone is 6. The van der Waals surface area contributed by atoms with Crippen molar-refractivity contribution in [1.82, 2.24) is 0 Å². The summed E-state index contributed by atoms with van der Waals surface area (Å²) in [7, 11) is 1.36. The molecule has 0 aromatic heterocycles. The summed E-state index contributed by atoms with van der Waals surface area (Å²) in [6, 6.07) is 1.54. The monoisotopic (exact) mass is 675 g/mol. The van der Waals surface area contributed by atoms with Crippen LogP contribution in [0, 0.1) is 17.8 Å². The SMILES string of the molecule is C/C=C/CC(C)C(=NC)c1cc(C(F)(F)F)cc(C(F)(F)F)c1.C/C=C\SC(=C/CC)/C(=C\CCC)C(C)=O.CCC(C)C(C)C. The molecule has 0 bridgehead atoms. The highest BCUT2D eigenvalue weighted by molar-refractivity contribution is 8.06. The quantitative estimate of drug-likeness (QED) is 0.0685. The van der Waals surface area contributed by atoms with Gasteiger partial charge in [0.2, 0.25) is 0 Å².